The van der Waals surface area contributed by atoms with Gasteiger partial charge in [-0.1, -0.05) is 37.3 Å². The average Bonchev–Trinajstić information content (AvgIpc) is 2.82. The van der Waals surface area contributed by atoms with E-state index in [1.165, 1.54) is 38.9 Å². The van der Waals surface area contributed by atoms with Crippen LogP contribution in [0.15, 0.2) is 12.1 Å². The second-order valence-corrected chi connectivity index (χ2v) is 6.22. The minimum Gasteiger partial charge on any atom is -0.496 e. The van der Waals surface area contributed by atoms with Crippen LogP contribution in [0.4, 0.5) is 5.69 Å². The molecule has 2 rings (SSSR count). The Bertz CT molecular complexity index is 533. The minimum atomic E-state index is -0.242. The van der Waals surface area contributed by atoms with Gasteiger partial charge in [-0.3, -0.25) is 4.79 Å². The average molecular weight is 377 g/mol. The van der Waals surface area contributed by atoms with Gasteiger partial charge in [-0.05, 0) is 18.9 Å². The Hall–Kier alpha value is -1.17. The molecule has 136 valence electrons. The third-order valence-corrected chi connectivity index (χ3v) is 4.43. The normalized spacial score (nSPS) is 15.2. The molecular weight excluding hydrogens is 351 g/mol. The van der Waals surface area contributed by atoms with E-state index >= 15 is 0 Å². The molecule has 1 aromatic rings. The van der Waals surface area contributed by atoms with E-state index in [4.69, 9.17) is 26.8 Å². The first-order chi connectivity index (χ1) is 11.1. The van der Waals surface area contributed by atoms with Crippen molar-refractivity contribution in [2.45, 2.75) is 44.6 Å². The van der Waals surface area contributed by atoms with Gasteiger partial charge in [0.25, 0.3) is 5.91 Å². The number of hydrogen-bond acceptors (Lipinski definition) is 4. The van der Waals surface area contributed by atoms with Crippen molar-refractivity contribution in [1.29, 1.82) is 0 Å². The van der Waals surface area contributed by atoms with Crippen LogP contribution in [-0.2, 0) is 4.74 Å². The molecule has 0 saturated heterocycles. The molecule has 5 nitrogen and oxygen atoms in total. The van der Waals surface area contributed by atoms with Gasteiger partial charge in [-0.2, -0.15) is 0 Å². The number of nitrogen functional groups attached to an aromatic ring is 1. The Labute approximate surface area is 154 Å². The van der Waals surface area contributed by atoms with Crippen LogP contribution in [0.25, 0.3) is 0 Å². The quantitative estimate of drug-likeness (QED) is 0.449. The summed E-state index contributed by atoms with van der Waals surface area (Å²) in [7, 11) is 1.49. The van der Waals surface area contributed by atoms with Gasteiger partial charge in [0.15, 0.2) is 0 Å². The van der Waals surface area contributed by atoms with E-state index in [-0.39, 0.29) is 18.3 Å². The third kappa shape index (κ3) is 6.04. The number of nitrogens with two attached hydrogens (primary N) is 1. The Balaban J connectivity index is 0.00000288. The Kier molecular flexibility index (Phi) is 9.26. The number of carbonyl (C=O) groups excluding carboxylic acids is 1. The van der Waals surface area contributed by atoms with Crippen LogP contribution in [-0.4, -0.2) is 32.3 Å². The first kappa shape index (κ1) is 20.9. The maximum Gasteiger partial charge on any atom is 0.255 e. The van der Waals surface area contributed by atoms with Crippen LogP contribution in [0.5, 0.6) is 5.75 Å². The molecule has 0 radical (unpaired) electrons. The topological polar surface area (TPSA) is 73.6 Å². The van der Waals surface area contributed by atoms with E-state index in [1.807, 2.05) is 0 Å². The van der Waals surface area contributed by atoms with E-state index in [9.17, 15) is 4.79 Å². The predicted octanol–water partition coefficient (Wildman–Crippen LogP) is 3.82. The van der Waals surface area contributed by atoms with Gasteiger partial charge < -0.3 is 20.5 Å². The highest BCUT2D eigenvalue weighted by atomic mass is 35.5. The number of amides is 1. The number of rotatable bonds is 6. The van der Waals surface area contributed by atoms with E-state index in [0.717, 1.165) is 12.8 Å². The van der Waals surface area contributed by atoms with Gasteiger partial charge >= 0.3 is 0 Å². The first-order valence-corrected chi connectivity index (χ1v) is 8.52. The second-order valence-electron chi connectivity index (χ2n) is 5.81. The molecule has 0 atom stereocenters. The minimum absolute atomic E-state index is 0. The van der Waals surface area contributed by atoms with Gasteiger partial charge in [0.1, 0.15) is 5.75 Å². The number of ether oxygens (including phenoxy) is 2. The second kappa shape index (κ2) is 10.6. The van der Waals surface area contributed by atoms with Crippen LogP contribution in [0.1, 0.15) is 48.9 Å². The number of halogens is 2. The zero-order valence-electron chi connectivity index (χ0n) is 14.0. The Morgan fingerprint density at radius 3 is 2.58 bits per heavy atom. The summed E-state index contributed by atoms with van der Waals surface area (Å²) < 4.78 is 11.0. The molecule has 7 heteroatoms. The summed E-state index contributed by atoms with van der Waals surface area (Å²) in [6, 6.07) is 3.08. The van der Waals surface area contributed by atoms with Crippen molar-refractivity contribution in [3.05, 3.63) is 22.7 Å². The zero-order valence-corrected chi connectivity index (χ0v) is 15.5. The summed E-state index contributed by atoms with van der Waals surface area (Å²) in [6.45, 7) is 0.974. The van der Waals surface area contributed by atoms with Crippen molar-refractivity contribution >= 4 is 35.6 Å². The zero-order chi connectivity index (χ0) is 16.7. The third-order valence-electron chi connectivity index (χ3n) is 4.11. The highest BCUT2D eigenvalue weighted by molar-refractivity contribution is 6.33. The van der Waals surface area contributed by atoms with E-state index in [0.29, 0.717) is 41.3 Å². The van der Waals surface area contributed by atoms with Gasteiger partial charge in [0, 0.05) is 12.6 Å². The molecule has 0 bridgehead atoms. The molecule has 1 aliphatic carbocycles. The highest BCUT2D eigenvalue weighted by Crippen LogP contribution is 2.28. The predicted molar refractivity (Wildman–Crippen MR) is 99.4 cm³/mol. The summed E-state index contributed by atoms with van der Waals surface area (Å²) in [5.41, 5.74) is 6.48. The largest absolute Gasteiger partial charge is 0.496 e. The molecule has 3 N–H and O–H groups in total. The number of carbonyl (C=O) groups is 1. The molecule has 0 aliphatic heterocycles. The van der Waals surface area contributed by atoms with Gasteiger partial charge in [-0.25, -0.2) is 0 Å². The fourth-order valence-electron chi connectivity index (χ4n) is 2.81. The van der Waals surface area contributed by atoms with Crippen LogP contribution in [0.2, 0.25) is 5.02 Å². The lowest BCUT2D eigenvalue weighted by Crippen LogP contribution is -2.29. The summed E-state index contributed by atoms with van der Waals surface area (Å²) in [5.74, 6) is 0.169. The number of nitrogens with one attached hydrogen (secondary N) is 1. The molecule has 1 fully saturated rings. The molecule has 1 aromatic carbocycles. The molecule has 0 unspecified atom stereocenters. The molecule has 1 amide bonds. The molecule has 0 heterocycles. The summed E-state index contributed by atoms with van der Waals surface area (Å²) >= 11 is 5.98. The van der Waals surface area contributed by atoms with Crippen molar-refractivity contribution in [1.82, 2.24) is 5.32 Å². The number of anilines is 1. The maximum atomic E-state index is 12.2. The number of benzene rings is 1. The molecule has 0 spiro atoms. The van der Waals surface area contributed by atoms with E-state index in [2.05, 4.69) is 5.32 Å². The smallest absolute Gasteiger partial charge is 0.255 e. The SMILES string of the molecule is COc1cc(N)c(Cl)cc1C(=O)NCCOC1CCCCCC1.Cl. The summed E-state index contributed by atoms with van der Waals surface area (Å²) in [6.07, 6.45) is 7.64. The van der Waals surface area contributed by atoms with Gasteiger partial charge in [-0.15, -0.1) is 12.4 Å². The molecule has 0 aromatic heterocycles. The van der Waals surface area contributed by atoms with E-state index < -0.39 is 0 Å². The van der Waals surface area contributed by atoms with Crippen molar-refractivity contribution in [2.75, 3.05) is 26.0 Å². The lowest BCUT2D eigenvalue weighted by molar-refractivity contribution is 0.0441. The lowest BCUT2D eigenvalue weighted by atomic mass is 10.1. The number of hydrogen-bond donors (Lipinski definition) is 2. The van der Waals surface area contributed by atoms with Gasteiger partial charge in [0.05, 0.1) is 36.1 Å². The Morgan fingerprint density at radius 2 is 1.96 bits per heavy atom. The van der Waals surface area contributed by atoms with Crippen molar-refractivity contribution < 1.29 is 14.3 Å². The van der Waals surface area contributed by atoms with Crippen LogP contribution >= 0.6 is 24.0 Å². The molecule has 1 aliphatic rings. The maximum absolute atomic E-state index is 12.2. The Morgan fingerprint density at radius 1 is 1.29 bits per heavy atom. The monoisotopic (exact) mass is 376 g/mol. The summed E-state index contributed by atoms with van der Waals surface area (Å²) in [5, 5.41) is 3.17. The highest BCUT2D eigenvalue weighted by Gasteiger charge is 2.15. The van der Waals surface area contributed by atoms with Crippen molar-refractivity contribution in [3.63, 3.8) is 0 Å². The van der Waals surface area contributed by atoms with Crippen molar-refractivity contribution in [2.24, 2.45) is 0 Å². The van der Waals surface area contributed by atoms with Crippen LogP contribution in [0, 0.1) is 0 Å². The fourth-order valence-corrected chi connectivity index (χ4v) is 2.97. The number of methoxy groups -OCH3 is 1. The molecular formula is C17H26Cl2N2O3. The molecule has 24 heavy (non-hydrogen) atoms. The molecule has 1 saturated carbocycles. The van der Waals surface area contributed by atoms with Crippen LogP contribution < -0.4 is 15.8 Å². The first-order valence-electron chi connectivity index (χ1n) is 8.14. The standard InChI is InChI=1S/C17H25ClN2O3.ClH/c1-22-16-11-15(19)14(18)10-13(16)17(21)20-8-9-23-12-6-4-2-3-5-7-12;/h10-12H,2-9,19H2,1H3,(H,20,21);1H. The summed E-state index contributed by atoms with van der Waals surface area (Å²) in [4.78, 5) is 12.2. The van der Waals surface area contributed by atoms with Crippen molar-refractivity contribution in [3.8, 4) is 5.75 Å². The fraction of sp³-hybridized carbons (Fsp3) is 0.588. The van der Waals surface area contributed by atoms with Crippen LogP contribution in [0.3, 0.4) is 0 Å². The lowest BCUT2D eigenvalue weighted by Gasteiger charge is -2.16. The van der Waals surface area contributed by atoms with E-state index in [1.54, 1.807) is 6.07 Å². The van der Waals surface area contributed by atoms with Gasteiger partial charge in [0.2, 0.25) is 0 Å².